The Morgan fingerprint density at radius 3 is 2.14 bits per heavy atom. The molecule has 0 aliphatic carbocycles. The van der Waals surface area contributed by atoms with E-state index in [1.54, 1.807) is 20.8 Å². The maximum absolute atomic E-state index is 11.6. The fourth-order valence-corrected chi connectivity index (χ4v) is 2.63. The third-order valence-electron chi connectivity index (χ3n) is 1.76. The van der Waals surface area contributed by atoms with Gasteiger partial charge < -0.3 is 5.11 Å². The van der Waals surface area contributed by atoms with Crippen LogP contribution in [0.25, 0.3) is 0 Å². The van der Waals surface area contributed by atoms with Crippen LogP contribution in [0, 0.1) is 0 Å². The quantitative estimate of drug-likeness (QED) is 0.718. The minimum absolute atomic E-state index is 0.202. The van der Waals surface area contributed by atoms with Gasteiger partial charge >= 0.3 is 5.97 Å². The maximum atomic E-state index is 11.6. The van der Waals surface area contributed by atoms with Gasteiger partial charge in [-0.2, -0.15) is 12.6 Å². The Morgan fingerprint density at radius 1 is 1.43 bits per heavy atom. The van der Waals surface area contributed by atoms with Crippen LogP contribution in [0.5, 0.6) is 0 Å². The summed E-state index contributed by atoms with van der Waals surface area (Å²) in [7, 11) is -3.28. The third-order valence-corrected chi connectivity index (χ3v) is 5.07. The van der Waals surface area contributed by atoms with E-state index in [2.05, 4.69) is 12.6 Å². The summed E-state index contributed by atoms with van der Waals surface area (Å²) in [5, 5.41) is 7.80. The standard InChI is InChI=1S/C8H16O4S2/c1-8(2,3)14(11,12)5-6(13)4-7(9)10/h6,13H,4-5H2,1-3H3,(H,9,10). The molecule has 0 rings (SSSR count). The van der Waals surface area contributed by atoms with Crippen molar-refractivity contribution in [3.05, 3.63) is 0 Å². The first kappa shape index (κ1) is 13.8. The van der Waals surface area contributed by atoms with E-state index in [0.717, 1.165) is 0 Å². The highest BCUT2D eigenvalue weighted by Gasteiger charge is 2.31. The van der Waals surface area contributed by atoms with Gasteiger partial charge in [-0.1, -0.05) is 0 Å². The molecule has 0 bridgehead atoms. The second kappa shape index (κ2) is 4.53. The highest BCUT2D eigenvalue weighted by molar-refractivity contribution is 7.93. The van der Waals surface area contributed by atoms with Crippen LogP contribution in [0.4, 0.5) is 0 Å². The zero-order chi connectivity index (χ0) is 11.6. The van der Waals surface area contributed by atoms with E-state index in [1.165, 1.54) is 0 Å². The second-order valence-corrected chi connectivity index (χ2v) is 7.66. The normalized spacial score (nSPS) is 15.1. The van der Waals surface area contributed by atoms with E-state index in [0.29, 0.717) is 0 Å². The molecular weight excluding hydrogens is 224 g/mol. The lowest BCUT2D eigenvalue weighted by Crippen LogP contribution is -2.34. The monoisotopic (exact) mass is 240 g/mol. The molecule has 0 radical (unpaired) electrons. The number of rotatable bonds is 4. The van der Waals surface area contributed by atoms with Crippen LogP contribution in [0.1, 0.15) is 27.2 Å². The highest BCUT2D eigenvalue weighted by atomic mass is 32.2. The molecule has 84 valence electrons. The Morgan fingerprint density at radius 2 is 1.86 bits per heavy atom. The van der Waals surface area contributed by atoms with Crippen LogP contribution in [0.3, 0.4) is 0 Å². The molecule has 0 heterocycles. The average Bonchev–Trinajstić information content (AvgIpc) is 1.79. The van der Waals surface area contributed by atoms with E-state index < -0.39 is 25.8 Å². The van der Waals surface area contributed by atoms with Gasteiger partial charge in [0, 0.05) is 5.25 Å². The van der Waals surface area contributed by atoms with Crippen molar-refractivity contribution in [3.63, 3.8) is 0 Å². The Labute approximate surface area is 90.0 Å². The fraction of sp³-hybridized carbons (Fsp3) is 0.875. The number of hydrogen-bond acceptors (Lipinski definition) is 4. The third kappa shape index (κ3) is 4.32. The molecule has 14 heavy (non-hydrogen) atoms. The van der Waals surface area contributed by atoms with Gasteiger partial charge in [0.2, 0.25) is 0 Å². The van der Waals surface area contributed by atoms with Crippen molar-refractivity contribution in [2.75, 3.05) is 5.75 Å². The van der Waals surface area contributed by atoms with E-state index in [-0.39, 0.29) is 12.2 Å². The minimum Gasteiger partial charge on any atom is -0.481 e. The number of carbonyl (C=O) groups is 1. The summed E-state index contributed by atoms with van der Waals surface area (Å²) in [6, 6.07) is 0. The van der Waals surface area contributed by atoms with E-state index in [1.807, 2.05) is 0 Å². The zero-order valence-corrected chi connectivity index (χ0v) is 10.2. The fourth-order valence-electron chi connectivity index (χ4n) is 0.764. The lowest BCUT2D eigenvalue weighted by molar-refractivity contribution is -0.136. The van der Waals surface area contributed by atoms with Gasteiger partial charge in [0.25, 0.3) is 0 Å². The van der Waals surface area contributed by atoms with Gasteiger partial charge in [-0.25, -0.2) is 8.42 Å². The van der Waals surface area contributed by atoms with Crippen molar-refractivity contribution in [1.82, 2.24) is 0 Å². The van der Waals surface area contributed by atoms with Crippen molar-refractivity contribution in [3.8, 4) is 0 Å². The van der Waals surface area contributed by atoms with Crippen molar-refractivity contribution in [1.29, 1.82) is 0 Å². The number of thiol groups is 1. The molecule has 0 aromatic carbocycles. The first-order valence-corrected chi connectivity index (χ1v) is 6.35. The number of carboxylic acids is 1. The molecule has 0 saturated heterocycles. The summed E-state index contributed by atoms with van der Waals surface area (Å²) in [6.07, 6.45) is -0.238. The topological polar surface area (TPSA) is 71.4 Å². The summed E-state index contributed by atoms with van der Waals surface area (Å²) in [6.45, 7) is 4.76. The Kier molecular flexibility index (Phi) is 4.45. The average molecular weight is 240 g/mol. The van der Waals surface area contributed by atoms with Gasteiger partial charge in [-0.3, -0.25) is 4.79 Å². The van der Waals surface area contributed by atoms with E-state index in [9.17, 15) is 13.2 Å². The number of aliphatic carboxylic acids is 1. The molecule has 0 fully saturated rings. The highest BCUT2D eigenvalue weighted by Crippen LogP contribution is 2.19. The molecule has 0 saturated carbocycles. The van der Waals surface area contributed by atoms with Crippen LogP contribution in [-0.2, 0) is 14.6 Å². The molecule has 4 nitrogen and oxygen atoms in total. The summed E-state index contributed by atoms with van der Waals surface area (Å²) in [4.78, 5) is 10.3. The zero-order valence-electron chi connectivity index (χ0n) is 8.52. The van der Waals surface area contributed by atoms with Crippen molar-refractivity contribution in [2.24, 2.45) is 0 Å². The van der Waals surface area contributed by atoms with Crippen LogP contribution in [-0.4, -0.2) is 35.2 Å². The molecule has 0 aliphatic heterocycles. The smallest absolute Gasteiger partial charge is 0.304 e. The second-order valence-electron chi connectivity index (χ2n) is 4.15. The largest absolute Gasteiger partial charge is 0.481 e. The van der Waals surface area contributed by atoms with Gasteiger partial charge in [0.05, 0.1) is 16.9 Å². The molecule has 0 aromatic rings. The number of sulfone groups is 1. The summed E-state index contributed by atoms with van der Waals surface area (Å²) >= 11 is 3.93. The molecule has 0 aliphatic rings. The first-order chi connectivity index (χ1) is 6.06. The Bertz CT molecular complexity index is 300. The lowest BCUT2D eigenvalue weighted by Gasteiger charge is -2.20. The van der Waals surface area contributed by atoms with E-state index >= 15 is 0 Å². The number of hydrogen-bond donors (Lipinski definition) is 2. The molecule has 0 aromatic heterocycles. The summed E-state index contributed by atoms with van der Waals surface area (Å²) in [5.74, 6) is -1.24. The van der Waals surface area contributed by atoms with Crippen molar-refractivity contribution in [2.45, 2.75) is 37.2 Å². The van der Waals surface area contributed by atoms with E-state index in [4.69, 9.17) is 5.11 Å². The van der Waals surface area contributed by atoms with Gasteiger partial charge in [-0.05, 0) is 20.8 Å². The predicted octanol–water partition coefficient (Wildman–Crippen LogP) is 0.973. The van der Waals surface area contributed by atoms with Crippen LogP contribution < -0.4 is 0 Å². The molecule has 6 heteroatoms. The van der Waals surface area contributed by atoms with Gasteiger partial charge in [0.1, 0.15) is 0 Å². The molecule has 1 N–H and O–H groups in total. The maximum Gasteiger partial charge on any atom is 0.304 e. The predicted molar refractivity (Wildman–Crippen MR) is 58.6 cm³/mol. The summed E-state index contributed by atoms with van der Waals surface area (Å²) in [5.41, 5.74) is 0. The van der Waals surface area contributed by atoms with Gasteiger partial charge in [0.15, 0.2) is 9.84 Å². The van der Waals surface area contributed by atoms with Crippen molar-refractivity contribution < 1.29 is 18.3 Å². The van der Waals surface area contributed by atoms with Crippen molar-refractivity contribution >= 4 is 28.4 Å². The van der Waals surface area contributed by atoms with Crippen LogP contribution in [0.15, 0.2) is 0 Å². The number of carboxylic acid groups (broad SMARTS) is 1. The Hall–Kier alpha value is -0.230. The SMILES string of the molecule is CC(C)(C)S(=O)(=O)CC(S)CC(=O)O. The van der Waals surface area contributed by atoms with Gasteiger partial charge in [-0.15, -0.1) is 0 Å². The Balaban J connectivity index is 4.46. The lowest BCUT2D eigenvalue weighted by atomic mass is 10.3. The minimum atomic E-state index is -3.28. The molecule has 1 unspecified atom stereocenters. The molecule has 0 amide bonds. The molecule has 1 atom stereocenters. The van der Waals surface area contributed by atoms with Crippen LogP contribution in [0.2, 0.25) is 0 Å². The van der Waals surface area contributed by atoms with Crippen LogP contribution >= 0.6 is 12.6 Å². The molecule has 0 spiro atoms. The summed E-state index contributed by atoms with van der Waals surface area (Å²) < 4.78 is 22.3. The first-order valence-electron chi connectivity index (χ1n) is 4.18. The molecular formula is C8H16O4S2.